The minimum atomic E-state index is -0.211. The zero-order valence-electron chi connectivity index (χ0n) is 97.8. The number of halogens is 1. The quantitative estimate of drug-likeness (QED) is 0.148. The first kappa shape index (κ1) is 125. The van der Waals surface area contributed by atoms with E-state index in [2.05, 4.69) is 376 Å². The summed E-state index contributed by atoms with van der Waals surface area (Å²) in [5.74, 6) is 0.644. The molecule has 8 aromatic rings. The summed E-state index contributed by atoms with van der Waals surface area (Å²) in [6.07, 6.45) is 41.1. The number of hydrogen-bond donors (Lipinski definition) is 0. The molecule has 0 aromatic carbocycles. The van der Waals surface area contributed by atoms with Crippen LogP contribution in [0.15, 0.2) is 147 Å². The van der Waals surface area contributed by atoms with Crippen LogP contribution in [-0.4, -0.2) is 199 Å². The molecule has 18 nitrogen and oxygen atoms in total. The number of piperidine rings is 4. The summed E-state index contributed by atoms with van der Waals surface area (Å²) >= 11 is 0. The van der Waals surface area contributed by atoms with Crippen LogP contribution in [0.4, 0.5) is 21.5 Å². The molecular formula is C123H205FN16O2. The van der Waals surface area contributed by atoms with Crippen molar-refractivity contribution in [3.8, 4) is 5.75 Å². The van der Waals surface area contributed by atoms with Gasteiger partial charge < -0.3 is 29.1 Å². The largest absolute Gasteiger partial charge is 0.491 e. The van der Waals surface area contributed by atoms with Crippen LogP contribution < -0.4 is 19.4 Å². The molecule has 6 saturated heterocycles. The predicted molar refractivity (Wildman–Crippen MR) is 606 cm³/mol. The average Bonchev–Trinajstić information content (AvgIpc) is 1.68. The third kappa shape index (κ3) is 48.6. The summed E-state index contributed by atoms with van der Waals surface area (Å²) in [4.78, 5) is 56.5. The first-order valence-electron chi connectivity index (χ1n) is 54.3. The van der Waals surface area contributed by atoms with Gasteiger partial charge in [-0.3, -0.25) is 59.6 Å². The fourth-order valence-electron chi connectivity index (χ4n) is 16.5. The Kier molecular flexibility index (Phi) is 49.8. The third-order valence-corrected chi connectivity index (χ3v) is 26.4. The summed E-state index contributed by atoms with van der Waals surface area (Å²) < 4.78 is 25.1. The molecule has 7 fully saturated rings. The standard InChI is InChI=1S/C18H28N2O.C14H23N3.C14H22N2.C14H23NO.C10H14FN.C10H15N.2C9H19N.C9H13N.C8H12N2.C8H17N/c1-18(2,3)17-8-7-14(13-19-17)20-11-9-16(10-12-20)21-15-5-4-6-15;1-14(2,3)13-6-5-12(11-15-13)17-9-7-16(4)8-10-17;1-14(2,3)13-8-7-12(11-15-13)16-9-5-4-6-10-16;1-13(2,3)10-16-11-7-8-12(15-9-11)14(4,5)6;1-7-5-8(11)9(12-6-7)10(2,3)4;1-8-5-6-9(11-7-8)10(2,3)4;2*1-9(2,3)10-7-5-4-6-8-10;1-9(2,3)8-6-4-5-7-10-8;1-8(2,3)7-6-9-4-5-10-7;1-8(2,3)9-6-4-5-7-9/h7-8,13,15-16H,4-6,9-12H2,1-3H3;5-6,11H,7-10H2,1-4H3;7-8,11H,4-6,9-10H2,1-3H3;7-9H,10H2,1-6H3;5-6H,1-4H3;5-7H,1-4H3;2*4-8H2,1-3H3;4-7H,1-3H3;4-6H,1-3H3;4-7H2,1-3H3. The van der Waals surface area contributed by atoms with E-state index in [-0.39, 0.29) is 54.6 Å². The smallest absolute Gasteiger partial charge is 0.145 e. The van der Waals surface area contributed by atoms with E-state index < -0.39 is 0 Å². The molecule has 7 aliphatic rings. The van der Waals surface area contributed by atoms with Crippen molar-refractivity contribution in [1.82, 2.24) is 64.5 Å². The molecule has 142 heavy (non-hydrogen) atoms. The van der Waals surface area contributed by atoms with E-state index in [0.717, 1.165) is 97.6 Å². The number of pyridine rings is 7. The SMILES string of the molecule is CC(C)(C)COc1ccc(C(C)(C)C)nc1.CC(C)(C)N1CCCC1.CC(C)(C)N1CCCCC1.CC(C)(C)N1CCCCC1.CC(C)(C)c1ccc(N2CCC(OC3CCC3)CC2)cn1.CC(C)(C)c1ccc(N2CCCCC2)cn1.CC(C)(C)c1ccccn1.CC(C)(C)c1cnccn1.CN1CCN(c2ccc(C(C)(C)C)nc2)CC1.Cc1ccc(C(C)(C)C)nc1.Cc1cnc(C(C)(C)C)c(F)c1. The lowest BCUT2D eigenvalue weighted by Crippen LogP contribution is -2.44. The van der Waals surface area contributed by atoms with Crippen molar-refractivity contribution in [1.29, 1.82) is 0 Å². The first-order chi connectivity index (χ1) is 65.7. The number of aryl methyl sites for hydroxylation is 2. The summed E-state index contributed by atoms with van der Waals surface area (Å²) in [5.41, 5.74) is 16.5. The normalized spacial score (nSPS) is 17.0. The average molecular weight is 1960 g/mol. The molecule has 1 saturated carbocycles. The Bertz CT molecular complexity index is 4610. The molecule has 15 rings (SSSR count). The maximum atomic E-state index is 13.3. The Morgan fingerprint density at radius 3 is 0.908 bits per heavy atom. The number of anilines is 3. The lowest BCUT2D eigenvalue weighted by Gasteiger charge is -2.38. The highest BCUT2D eigenvalue weighted by Gasteiger charge is 2.31. The van der Waals surface area contributed by atoms with Gasteiger partial charge in [-0.05, 0) is 302 Å². The van der Waals surface area contributed by atoms with E-state index in [1.165, 1.54) is 177 Å². The molecule has 0 unspecified atom stereocenters. The molecule has 14 heterocycles. The van der Waals surface area contributed by atoms with Crippen LogP contribution in [0, 0.1) is 25.1 Å². The Morgan fingerprint density at radius 1 is 0.289 bits per heavy atom. The van der Waals surface area contributed by atoms with Gasteiger partial charge in [0.25, 0.3) is 0 Å². The second-order valence-electron chi connectivity index (χ2n) is 52.8. The highest BCUT2D eigenvalue weighted by molar-refractivity contribution is 5.48. The van der Waals surface area contributed by atoms with Crippen molar-refractivity contribution in [2.75, 3.05) is 120 Å². The fraction of sp³-hybridized carbons (Fsp3) is 0.683. The van der Waals surface area contributed by atoms with Crippen molar-refractivity contribution in [2.45, 2.75) is 438 Å². The molecule has 0 amide bonds. The van der Waals surface area contributed by atoms with E-state index in [0.29, 0.717) is 41.1 Å². The van der Waals surface area contributed by atoms with Gasteiger partial charge in [-0.25, -0.2) is 4.39 Å². The molecule has 0 radical (unpaired) electrons. The van der Waals surface area contributed by atoms with E-state index in [1.54, 1.807) is 24.8 Å². The lowest BCUT2D eigenvalue weighted by atomic mass is 9.91. The minimum Gasteiger partial charge on any atom is -0.491 e. The maximum absolute atomic E-state index is 13.3. The van der Waals surface area contributed by atoms with Crippen LogP contribution in [0.2, 0.25) is 0 Å². The van der Waals surface area contributed by atoms with Crippen molar-refractivity contribution < 1.29 is 13.9 Å². The van der Waals surface area contributed by atoms with Crippen LogP contribution in [0.3, 0.4) is 0 Å². The molecule has 1 aliphatic carbocycles. The van der Waals surface area contributed by atoms with Gasteiger partial charge in [0.1, 0.15) is 11.6 Å². The minimum absolute atomic E-state index is 0.0998. The number of ether oxygens (including phenoxy) is 2. The van der Waals surface area contributed by atoms with Gasteiger partial charge >= 0.3 is 0 Å². The summed E-state index contributed by atoms with van der Waals surface area (Å²) in [7, 11) is 2.18. The highest BCUT2D eigenvalue weighted by Crippen LogP contribution is 2.34. The summed E-state index contributed by atoms with van der Waals surface area (Å²) in [5, 5.41) is 0. The van der Waals surface area contributed by atoms with Crippen LogP contribution in [0.25, 0.3) is 0 Å². The van der Waals surface area contributed by atoms with Crippen molar-refractivity contribution in [2.24, 2.45) is 5.41 Å². The predicted octanol–water partition coefficient (Wildman–Crippen LogP) is 29.3. The van der Waals surface area contributed by atoms with Crippen molar-refractivity contribution >= 4 is 17.1 Å². The second kappa shape index (κ2) is 56.8. The van der Waals surface area contributed by atoms with Gasteiger partial charge in [0, 0.05) is 184 Å². The molecule has 796 valence electrons. The van der Waals surface area contributed by atoms with Gasteiger partial charge in [0.15, 0.2) is 0 Å². The van der Waals surface area contributed by atoms with Gasteiger partial charge in [0.2, 0.25) is 0 Å². The first-order valence-corrected chi connectivity index (χ1v) is 54.3. The third-order valence-electron chi connectivity index (χ3n) is 26.4. The van der Waals surface area contributed by atoms with Gasteiger partial charge in [-0.15, -0.1) is 0 Å². The Morgan fingerprint density at radius 2 is 0.627 bits per heavy atom. The Hall–Kier alpha value is -7.94. The highest BCUT2D eigenvalue weighted by atomic mass is 19.1. The topological polar surface area (TPSA) is 157 Å². The van der Waals surface area contributed by atoms with E-state index >= 15 is 0 Å². The molecule has 19 heteroatoms. The number of piperazine rings is 1. The van der Waals surface area contributed by atoms with Crippen LogP contribution in [0.5, 0.6) is 5.75 Å². The zero-order chi connectivity index (χ0) is 107. The molecule has 6 aliphatic heterocycles. The monoisotopic (exact) mass is 1960 g/mol. The van der Waals surface area contributed by atoms with Gasteiger partial charge in [-0.1, -0.05) is 212 Å². The van der Waals surface area contributed by atoms with Crippen molar-refractivity contribution in [3.05, 3.63) is 209 Å². The van der Waals surface area contributed by atoms with Crippen molar-refractivity contribution in [3.63, 3.8) is 0 Å². The summed E-state index contributed by atoms with van der Waals surface area (Å²) in [6.45, 7) is 100. The molecule has 0 atom stereocenters. The number of likely N-dealkylation sites (N-methyl/N-ethyl adjacent to an activating group) is 1. The molecule has 8 aromatic heterocycles. The molecule has 0 spiro atoms. The van der Waals surface area contributed by atoms with Gasteiger partial charge in [0.05, 0.1) is 72.1 Å². The number of nitrogens with zero attached hydrogens (tertiary/aromatic N) is 16. The van der Waals surface area contributed by atoms with Crippen LogP contribution in [0.1, 0.15) is 409 Å². The molecule has 0 bridgehead atoms. The number of rotatable bonds is 7. The summed E-state index contributed by atoms with van der Waals surface area (Å²) in [6, 6.07) is 28.9. The fourth-order valence-corrected chi connectivity index (χ4v) is 16.5. The number of likely N-dealkylation sites (tertiary alicyclic amines) is 3. The Labute approximate surface area is 868 Å². The maximum Gasteiger partial charge on any atom is 0.145 e. The lowest BCUT2D eigenvalue weighted by molar-refractivity contribution is -0.0596. The Balaban J connectivity index is 0.000000278. The second-order valence-corrected chi connectivity index (χ2v) is 52.8. The number of aromatic nitrogens is 9. The molecular weight excluding hydrogens is 1750 g/mol. The number of hydrogen-bond acceptors (Lipinski definition) is 18. The zero-order valence-corrected chi connectivity index (χ0v) is 97.8. The van der Waals surface area contributed by atoms with Crippen LogP contribution in [-0.2, 0) is 48.1 Å². The van der Waals surface area contributed by atoms with E-state index in [9.17, 15) is 4.39 Å². The van der Waals surface area contributed by atoms with E-state index in [4.69, 9.17) is 9.47 Å². The van der Waals surface area contributed by atoms with E-state index in [1.807, 2.05) is 89.1 Å². The van der Waals surface area contributed by atoms with Gasteiger partial charge in [-0.2, -0.15) is 0 Å². The van der Waals surface area contributed by atoms with Crippen LogP contribution >= 0.6 is 0 Å². The molecule has 0 N–H and O–H groups in total.